The second-order valence-electron chi connectivity index (χ2n) is 3.69. The van der Waals surface area contributed by atoms with Crippen molar-refractivity contribution in [3.63, 3.8) is 0 Å². The van der Waals surface area contributed by atoms with Crippen LogP contribution in [0.1, 0.15) is 5.76 Å². The summed E-state index contributed by atoms with van der Waals surface area (Å²) < 4.78 is 5.48. The normalized spacial score (nSPS) is 10.8. The monoisotopic (exact) mass is 210 g/mol. The van der Waals surface area contributed by atoms with Crippen LogP contribution in [0, 0.1) is 6.92 Å². The van der Waals surface area contributed by atoms with Crippen LogP contribution in [0.15, 0.2) is 47.1 Å². The van der Waals surface area contributed by atoms with E-state index >= 15 is 0 Å². The van der Waals surface area contributed by atoms with Gasteiger partial charge in [-0.15, -0.1) is 0 Å². The lowest BCUT2D eigenvalue weighted by atomic mass is 10.1. The molecule has 0 bridgehead atoms. The van der Waals surface area contributed by atoms with Crippen molar-refractivity contribution >= 4 is 10.9 Å². The van der Waals surface area contributed by atoms with Crippen LogP contribution >= 0.6 is 0 Å². The van der Waals surface area contributed by atoms with E-state index in [0.717, 1.165) is 22.2 Å². The summed E-state index contributed by atoms with van der Waals surface area (Å²) in [5, 5.41) is 1.12. The van der Waals surface area contributed by atoms with Gasteiger partial charge < -0.3 is 4.42 Å². The third-order valence-corrected chi connectivity index (χ3v) is 2.47. The van der Waals surface area contributed by atoms with Crippen LogP contribution in [0.4, 0.5) is 0 Å². The van der Waals surface area contributed by atoms with Gasteiger partial charge in [-0.1, -0.05) is 12.1 Å². The molecule has 3 rings (SSSR count). The largest absolute Gasteiger partial charge is 0.441 e. The zero-order valence-electron chi connectivity index (χ0n) is 8.84. The molecule has 0 aliphatic carbocycles. The maximum atomic E-state index is 5.48. The minimum absolute atomic E-state index is 0.644. The molecular weight excluding hydrogens is 200 g/mol. The molecule has 2 aromatic heterocycles. The number of hydrogen-bond acceptors (Lipinski definition) is 3. The van der Waals surface area contributed by atoms with Crippen LogP contribution in [0.5, 0.6) is 0 Å². The van der Waals surface area contributed by atoms with Gasteiger partial charge in [0.15, 0.2) is 0 Å². The Kier molecular flexibility index (Phi) is 1.96. The molecule has 3 nitrogen and oxygen atoms in total. The van der Waals surface area contributed by atoms with E-state index in [1.165, 1.54) is 0 Å². The fraction of sp³-hybridized carbons (Fsp3) is 0.0769. The summed E-state index contributed by atoms with van der Waals surface area (Å²) in [6.45, 7) is 1.88. The maximum absolute atomic E-state index is 5.48. The third kappa shape index (κ3) is 1.46. The fourth-order valence-corrected chi connectivity index (χ4v) is 1.69. The van der Waals surface area contributed by atoms with E-state index in [0.29, 0.717) is 5.89 Å². The average molecular weight is 210 g/mol. The number of aromatic nitrogens is 2. The van der Waals surface area contributed by atoms with Crippen LogP contribution in [0.25, 0.3) is 22.4 Å². The molecule has 3 heteroatoms. The summed E-state index contributed by atoms with van der Waals surface area (Å²) in [6.07, 6.45) is 3.50. The number of oxazole rings is 1. The number of benzene rings is 1. The molecule has 1 aromatic carbocycles. The molecule has 0 saturated heterocycles. The zero-order chi connectivity index (χ0) is 11.0. The van der Waals surface area contributed by atoms with E-state index in [1.54, 1.807) is 12.4 Å². The van der Waals surface area contributed by atoms with Crippen molar-refractivity contribution in [2.75, 3.05) is 0 Å². The second kappa shape index (κ2) is 3.45. The van der Waals surface area contributed by atoms with Gasteiger partial charge in [0.1, 0.15) is 5.76 Å². The summed E-state index contributed by atoms with van der Waals surface area (Å²) in [6, 6.07) is 9.97. The molecule has 0 unspecified atom stereocenters. The summed E-state index contributed by atoms with van der Waals surface area (Å²) in [5.41, 5.74) is 1.91. The molecule has 0 aliphatic rings. The standard InChI is InChI=1S/C13H10N2O/c1-9-8-15-13(16-9)11-5-4-10-3-2-6-14-12(10)7-11/h2-8H,1H3. The topological polar surface area (TPSA) is 38.9 Å². The van der Waals surface area contributed by atoms with Crippen molar-refractivity contribution in [2.45, 2.75) is 6.92 Å². The Balaban J connectivity index is 2.18. The van der Waals surface area contributed by atoms with E-state index in [9.17, 15) is 0 Å². The van der Waals surface area contributed by atoms with Crippen molar-refractivity contribution in [1.82, 2.24) is 9.97 Å². The smallest absolute Gasteiger partial charge is 0.226 e. The molecule has 0 atom stereocenters. The number of hydrogen-bond donors (Lipinski definition) is 0. The highest BCUT2D eigenvalue weighted by Gasteiger charge is 2.05. The Hall–Kier alpha value is -2.16. The molecule has 0 fully saturated rings. The van der Waals surface area contributed by atoms with Crippen LogP contribution in [0.3, 0.4) is 0 Å². The number of aryl methyl sites for hydroxylation is 1. The first kappa shape index (κ1) is 9.09. The van der Waals surface area contributed by atoms with Crippen LogP contribution in [-0.4, -0.2) is 9.97 Å². The van der Waals surface area contributed by atoms with E-state index in [1.807, 2.05) is 37.3 Å². The van der Waals surface area contributed by atoms with Crippen molar-refractivity contribution in [2.24, 2.45) is 0 Å². The Morgan fingerprint density at radius 1 is 1.12 bits per heavy atom. The lowest BCUT2D eigenvalue weighted by molar-refractivity contribution is 0.542. The van der Waals surface area contributed by atoms with Gasteiger partial charge >= 0.3 is 0 Å². The highest BCUT2D eigenvalue weighted by atomic mass is 16.4. The molecule has 0 aliphatic heterocycles. The first-order valence-electron chi connectivity index (χ1n) is 5.10. The van der Waals surface area contributed by atoms with Crippen molar-refractivity contribution in [3.05, 3.63) is 48.5 Å². The van der Waals surface area contributed by atoms with Crippen molar-refractivity contribution < 1.29 is 4.42 Å². The molecule has 78 valence electrons. The first-order valence-corrected chi connectivity index (χ1v) is 5.10. The molecule has 3 aromatic rings. The average Bonchev–Trinajstić information content (AvgIpc) is 2.75. The van der Waals surface area contributed by atoms with E-state index in [4.69, 9.17) is 4.42 Å². The maximum Gasteiger partial charge on any atom is 0.226 e. The predicted molar refractivity (Wildman–Crippen MR) is 62.0 cm³/mol. The quantitative estimate of drug-likeness (QED) is 0.619. The molecule has 0 spiro atoms. The van der Waals surface area contributed by atoms with Gasteiger partial charge in [-0.25, -0.2) is 4.98 Å². The number of rotatable bonds is 1. The van der Waals surface area contributed by atoms with Gasteiger partial charge in [0, 0.05) is 17.1 Å². The van der Waals surface area contributed by atoms with Crippen LogP contribution in [-0.2, 0) is 0 Å². The van der Waals surface area contributed by atoms with Gasteiger partial charge in [-0.3, -0.25) is 4.98 Å². The van der Waals surface area contributed by atoms with Crippen molar-refractivity contribution in [1.29, 1.82) is 0 Å². The summed E-state index contributed by atoms with van der Waals surface area (Å²) in [4.78, 5) is 8.50. The van der Waals surface area contributed by atoms with Crippen molar-refractivity contribution in [3.8, 4) is 11.5 Å². The summed E-state index contributed by atoms with van der Waals surface area (Å²) in [5.74, 6) is 1.46. The van der Waals surface area contributed by atoms with Gasteiger partial charge in [0.2, 0.25) is 5.89 Å². The molecule has 0 amide bonds. The van der Waals surface area contributed by atoms with Gasteiger partial charge in [0.25, 0.3) is 0 Å². The fourth-order valence-electron chi connectivity index (χ4n) is 1.69. The number of nitrogens with zero attached hydrogens (tertiary/aromatic N) is 2. The summed E-state index contributed by atoms with van der Waals surface area (Å²) >= 11 is 0. The first-order chi connectivity index (χ1) is 7.83. The molecule has 16 heavy (non-hydrogen) atoms. The molecule has 0 saturated carbocycles. The zero-order valence-corrected chi connectivity index (χ0v) is 8.84. The SMILES string of the molecule is Cc1cnc(-c2ccc3cccnc3c2)o1. The predicted octanol–water partition coefficient (Wildman–Crippen LogP) is 3.20. The minimum atomic E-state index is 0.644. The molecule has 0 N–H and O–H groups in total. The lowest BCUT2D eigenvalue weighted by Gasteiger charge is -1.98. The highest BCUT2D eigenvalue weighted by molar-refractivity contribution is 5.82. The Morgan fingerprint density at radius 3 is 2.88 bits per heavy atom. The Bertz CT molecular complexity index is 643. The number of fused-ring (bicyclic) bond motifs is 1. The lowest BCUT2D eigenvalue weighted by Crippen LogP contribution is -1.80. The van der Waals surface area contributed by atoms with E-state index in [-0.39, 0.29) is 0 Å². The van der Waals surface area contributed by atoms with Gasteiger partial charge in [-0.2, -0.15) is 0 Å². The molecule has 2 heterocycles. The summed E-state index contributed by atoms with van der Waals surface area (Å²) in [7, 11) is 0. The van der Waals surface area contributed by atoms with Crippen LogP contribution < -0.4 is 0 Å². The van der Waals surface area contributed by atoms with E-state index < -0.39 is 0 Å². The Morgan fingerprint density at radius 2 is 2.06 bits per heavy atom. The minimum Gasteiger partial charge on any atom is -0.441 e. The second-order valence-corrected chi connectivity index (χ2v) is 3.69. The van der Waals surface area contributed by atoms with Gasteiger partial charge in [-0.05, 0) is 25.1 Å². The third-order valence-electron chi connectivity index (χ3n) is 2.47. The highest BCUT2D eigenvalue weighted by Crippen LogP contribution is 2.22. The molecule has 0 radical (unpaired) electrons. The van der Waals surface area contributed by atoms with Crippen LogP contribution in [0.2, 0.25) is 0 Å². The number of pyridine rings is 1. The van der Waals surface area contributed by atoms with Gasteiger partial charge in [0.05, 0.1) is 11.7 Å². The Labute approximate surface area is 92.8 Å². The molecular formula is C13H10N2O. The van der Waals surface area contributed by atoms with E-state index in [2.05, 4.69) is 9.97 Å².